The number of piperazine rings is 1. The van der Waals surface area contributed by atoms with E-state index < -0.39 is 15.9 Å². The second-order valence-corrected chi connectivity index (χ2v) is 11.1. The lowest BCUT2D eigenvalue weighted by atomic mass is 10.0. The van der Waals surface area contributed by atoms with Crippen LogP contribution in [0, 0.1) is 12.8 Å². The van der Waals surface area contributed by atoms with E-state index in [0.29, 0.717) is 44.6 Å². The van der Waals surface area contributed by atoms with Crippen molar-refractivity contribution in [3.63, 3.8) is 0 Å². The summed E-state index contributed by atoms with van der Waals surface area (Å²) in [7, 11) is -2.91. The van der Waals surface area contributed by atoms with Crippen molar-refractivity contribution in [1.29, 1.82) is 0 Å². The highest BCUT2D eigenvalue weighted by atomic mass is 32.2. The SMILES string of the molecule is Cc1ccccc1C(=O)NC(CC(C)C)C(=O)N1CCN(C2CCS(=O)(=O)C2)CC1. The molecule has 1 aromatic rings. The first-order valence-corrected chi connectivity index (χ1v) is 12.6. The molecule has 0 radical (unpaired) electrons. The number of benzene rings is 1. The van der Waals surface area contributed by atoms with Gasteiger partial charge in [0.15, 0.2) is 9.84 Å². The third-order valence-corrected chi connectivity index (χ3v) is 7.80. The van der Waals surface area contributed by atoms with E-state index in [2.05, 4.69) is 10.2 Å². The second kappa shape index (κ2) is 9.47. The van der Waals surface area contributed by atoms with Gasteiger partial charge < -0.3 is 10.2 Å². The molecule has 2 amide bonds. The fourth-order valence-corrected chi connectivity index (χ4v) is 6.11. The average molecular weight is 436 g/mol. The summed E-state index contributed by atoms with van der Waals surface area (Å²) in [6.45, 7) is 8.43. The lowest BCUT2D eigenvalue weighted by Crippen LogP contribution is -2.57. The van der Waals surface area contributed by atoms with Gasteiger partial charge in [-0.3, -0.25) is 14.5 Å². The van der Waals surface area contributed by atoms with E-state index in [1.54, 1.807) is 6.07 Å². The first-order chi connectivity index (χ1) is 14.2. The molecule has 2 fully saturated rings. The molecule has 0 saturated carbocycles. The van der Waals surface area contributed by atoms with Crippen LogP contribution in [0.15, 0.2) is 24.3 Å². The molecular formula is C22H33N3O4S. The van der Waals surface area contributed by atoms with Gasteiger partial charge >= 0.3 is 0 Å². The van der Waals surface area contributed by atoms with Crippen LogP contribution in [0.25, 0.3) is 0 Å². The van der Waals surface area contributed by atoms with Gasteiger partial charge in [-0.25, -0.2) is 8.42 Å². The molecule has 1 aromatic carbocycles. The van der Waals surface area contributed by atoms with Crippen molar-refractivity contribution in [2.75, 3.05) is 37.7 Å². The molecule has 2 heterocycles. The maximum Gasteiger partial charge on any atom is 0.252 e. The standard InChI is InChI=1S/C22H33N3O4S/c1-16(2)14-20(23-21(26)19-7-5-4-6-17(19)3)22(27)25-11-9-24(10-12-25)18-8-13-30(28,29)15-18/h4-7,16,18,20H,8-15H2,1-3H3,(H,23,26). The zero-order valence-electron chi connectivity index (χ0n) is 18.1. The molecule has 2 aliphatic heterocycles. The van der Waals surface area contributed by atoms with E-state index in [1.165, 1.54) is 0 Å². The van der Waals surface area contributed by atoms with Crippen LogP contribution in [-0.2, 0) is 14.6 Å². The fraction of sp³-hybridized carbons (Fsp3) is 0.636. The van der Waals surface area contributed by atoms with E-state index in [0.717, 1.165) is 5.56 Å². The molecule has 7 nitrogen and oxygen atoms in total. The van der Waals surface area contributed by atoms with E-state index in [9.17, 15) is 18.0 Å². The smallest absolute Gasteiger partial charge is 0.252 e. The van der Waals surface area contributed by atoms with Crippen LogP contribution < -0.4 is 5.32 Å². The number of nitrogens with one attached hydrogen (secondary N) is 1. The monoisotopic (exact) mass is 435 g/mol. The summed E-state index contributed by atoms with van der Waals surface area (Å²) in [5, 5.41) is 2.96. The van der Waals surface area contributed by atoms with E-state index in [-0.39, 0.29) is 35.3 Å². The Hall–Kier alpha value is -1.93. The highest BCUT2D eigenvalue weighted by Gasteiger charge is 2.35. The summed E-state index contributed by atoms with van der Waals surface area (Å²) in [6.07, 6.45) is 1.26. The van der Waals surface area contributed by atoms with Gasteiger partial charge in [-0.15, -0.1) is 0 Å². The van der Waals surface area contributed by atoms with Gasteiger partial charge in [0.1, 0.15) is 6.04 Å². The molecule has 0 aliphatic carbocycles. The lowest BCUT2D eigenvalue weighted by molar-refractivity contribution is -0.135. The number of sulfone groups is 1. The van der Waals surface area contributed by atoms with Crippen molar-refractivity contribution in [3.05, 3.63) is 35.4 Å². The Morgan fingerprint density at radius 3 is 2.37 bits per heavy atom. The maximum atomic E-state index is 13.2. The van der Waals surface area contributed by atoms with Gasteiger partial charge in [-0.1, -0.05) is 32.0 Å². The van der Waals surface area contributed by atoms with E-state index in [1.807, 2.05) is 43.9 Å². The number of hydrogen-bond donors (Lipinski definition) is 1. The van der Waals surface area contributed by atoms with Crippen LogP contribution in [-0.4, -0.2) is 79.8 Å². The Morgan fingerprint density at radius 1 is 1.13 bits per heavy atom. The van der Waals surface area contributed by atoms with E-state index in [4.69, 9.17) is 0 Å². The number of rotatable bonds is 6. The first kappa shape index (κ1) is 22.7. The van der Waals surface area contributed by atoms with Crippen LogP contribution >= 0.6 is 0 Å². The van der Waals surface area contributed by atoms with Crippen molar-refractivity contribution in [2.24, 2.45) is 5.92 Å². The van der Waals surface area contributed by atoms with Gasteiger partial charge in [-0.2, -0.15) is 0 Å². The lowest BCUT2D eigenvalue weighted by Gasteiger charge is -2.39. The van der Waals surface area contributed by atoms with Gasteiger partial charge in [0.2, 0.25) is 5.91 Å². The van der Waals surface area contributed by atoms with Crippen LogP contribution in [0.4, 0.5) is 0 Å². The summed E-state index contributed by atoms with van der Waals surface area (Å²) in [5.41, 5.74) is 1.47. The summed E-state index contributed by atoms with van der Waals surface area (Å²) in [6, 6.07) is 6.88. The Bertz CT molecular complexity index is 876. The number of carbonyl (C=O) groups is 2. The highest BCUT2D eigenvalue weighted by Crippen LogP contribution is 2.20. The zero-order chi connectivity index (χ0) is 21.9. The normalized spacial score (nSPS) is 22.8. The number of aryl methyl sites for hydroxylation is 1. The van der Waals surface area contributed by atoms with Crippen LogP contribution in [0.1, 0.15) is 42.6 Å². The molecule has 3 rings (SSSR count). The molecule has 166 valence electrons. The molecule has 2 atom stereocenters. The van der Waals surface area contributed by atoms with Crippen molar-refractivity contribution in [2.45, 2.75) is 45.7 Å². The predicted molar refractivity (Wildman–Crippen MR) is 117 cm³/mol. The summed E-state index contributed by atoms with van der Waals surface area (Å²) in [5.74, 6) is 0.481. The number of hydrogen-bond acceptors (Lipinski definition) is 5. The molecule has 0 spiro atoms. The summed E-state index contributed by atoms with van der Waals surface area (Å²) < 4.78 is 23.5. The quantitative estimate of drug-likeness (QED) is 0.731. The van der Waals surface area contributed by atoms with Crippen molar-refractivity contribution in [1.82, 2.24) is 15.1 Å². The summed E-state index contributed by atoms with van der Waals surface area (Å²) >= 11 is 0. The topological polar surface area (TPSA) is 86.8 Å². The molecule has 2 unspecified atom stereocenters. The Balaban J connectivity index is 1.62. The van der Waals surface area contributed by atoms with Crippen LogP contribution in [0.5, 0.6) is 0 Å². The number of nitrogens with zero attached hydrogens (tertiary/aromatic N) is 2. The highest BCUT2D eigenvalue weighted by molar-refractivity contribution is 7.91. The first-order valence-electron chi connectivity index (χ1n) is 10.8. The minimum atomic E-state index is -2.91. The van der Waals surface area contributed by atoms with Crippen molar-refractivity contribution in [3.8, 4) is 0 Å². The Kier molecular flexibility index (Phi) is 7.18. The minimum Gasteiger partial charge on any atom is -0.340 e. The Labute approximate surface area is 179 Å². The van der Waals surface area contributed by atoms with Gasteiger partial charge in [0, 0.05) is 37.8 Å². The molecule has 0 bridgehead atoms. The molecular weight excluding hydrogens is 402 g/mol. The van der Waals surface area contributed by atoms with Crippen LogP contribution in [0.3, 0.4) is 0 Å². The second-order valence-electron chi connectivity index (χ2n) is 8.89. The van der Waals surface area contributed by atoms with Crippen molar-refractivity contribution >= 4 is 21.7 Å². The molecule has 2 saturated heterocycles. The average Bonchev–Trinajstić information content (AvgIpc) is 3.06. The largest absolute Gasteiger partial charge is 0.340 e. The molecule has 2 aliphatic rings. The Morgan fingerprint density at radius 2 is 1.80 bits per heavy atom. The molecule has 1 N–H and O–H groups in total. The molecule has 0 aromatic heterocycles. The maximum absolute atomic E-state index is 13.2. The zero-order valence-corrected chi connectivity index (χ0v) is 19.0. The summed E-state index contributed by atoms with van der Waals surface area (Å²) in [4.78, 5) is 30.0. The third-order valence-electron chi connectivity index (χ3n) is 6.05. The fourth-order valence-electron chi connectivity index (χ4n) is 4.35. The van der Waals surface area contributed by atoms with Crippen LogP contribution in [0.2, 0.25) is 0 Å². The number of amides is 2. The van der Waals surface area contributed by atoms with E-state index >= 15 is 0 Å². The molecule has 8 heteroatoms. The van der Waals surface area contributed by atoms with Gasteiger partial charge in [0.05, 0.1) is 11.5 Å². The molecule has 30 heavy (non-hydrogen) atoms. The minimum absolute atomic E-state index is 0.0515. The van der Waals surface area contributed by atoms with Gasteiger partial charge in [0.25, 0.3) is 5.91 Å². The van der Waals surface area contributed by atoms with Crippen molar-refractivity contribution < 1.29 is 18.0 Å². The predicted octanol–water partition coefficient (Wildman–Crippen LogP) is 1.47. The number of carbonyl (C=O) groups excluding carboxylic acids is 2. The van der Waals surface area contributed by atoms with Gasteiger partial charge in [-0.05, 0) is 37.3 Å². The third kappa shape index (κ3) is 5.60.